The highest BCUT2D eigenvalue weighted by atomic mass is 16.5. The molecule has 0 aliphatic carbocycles. The molecular formula is C23H30N2O3. The van der Waals surface area contributed by atoms with Crippen molar-refractivity contribution in [3.63, 3.8) is 0 Å². The van der Waals surface area contributed by atoms with Crippen molar-refractivity contribution in [2.75, 3.05) is 26.2 Å². The SMILES string of the molecule is CC1CN(CCCNC(=O)c2cccc(OCc3ccccc3)c2)CC(C)O1. The molecule has 2 aromatic carbocycles. The van der Waals surface area contributed by atoms with Crippen LogP contribution in [-0.4, -0.2) is 49.2 Å². The lowest BCUT2D eigenvalue weighted by molar-refractivity contribution is -0.0679. The van der Waals surface area contributed by atoms with Crippen LogP contribution < -0.4 is 10.1 Å². The molecule has 2 atom stereocenters. The predicted octanol–water partition coefficient (Wildman–Crippen LogP) is 3.49. The van der Waals surface area contributed by atoms with Gasteiger partial charge in [0.1, 0.15) is 12.4 Å². The van der Waals surface area contributed by atoms with Gasteiger partial charge in [0.25, 0.3) is 5.91 Å². The quantitative estimate of drug-likeness (QED) is 0.710. The van der Waals surface area contributed by atoms with E-state index in [0.717, 1.165) is 31.6 Å². The summed E-state index contributed by atoms with van der Waals surface area (Å²) in [7, 11) is 0. The molecule has 2 unspecified atom stereocenters. The molecule has 0 aromatic heterocycles. The van der Waals surface area contributed by atoms with Crippen molar-refractivity contribution in [1.29, 1.82) is 0 Å². The molecule has 1 saturated heterocycles. The third-order valence-electron chi connectivity index (χ3n) is 4.78. The zero-order valence-electron chi connectivity index (χ0n) is 16.8. The number of morpholine rings is 1. The van der Waals surface area contributed by atoms with Crippen molar-refractivity contribution in [3.8, 4) is 5.75 Å². The lowest BCUT2D eigenvalue weighted by Gasteiger charge is -2.35. The number of rotatable bonds is 8. The molecule has 5 nitrogen and oxygen atoms in total. The number of amides is 1. The Morgan fingerprint density at radius 2 is 1.86 bits per heavy atom. The van der Waals surface area contributed by atoms with E-state index in [4.69, 9.17) is 9.47 Å². The van der Waals surface area contributed by atoms with E-state index in [9.17, 15) is 4.79 Å². The topological polar surface area (TPSA) is 50.8 Å². The summed E-state index contributed by atoms with van der Waals surface area (Å²) >= 11 is 0. The smallest absolute Gasteiger partial charge is 0.251 e. The molecular weight excluding hydrogens is 352 g/mol. The maximum Gasteiger partial charge on any atom is 0.251 e. The number of benzene rings is 2. The molecule has 28 heavy (non-hydrogen) atoms. The lowest BCUT2D eigenvalue weighted by Crippen LogP contribution is -2.46. The second-order valence-corrected chi connectivity index (χ2v) is 7.43. The molecule has 1 aliphatic heterocycles. The van der Waals surface area contributed by atoms with E-state index in [-0.39, 0.29) is 18.1 Å². The summed E-state index contributed by atoms with van der Waals surface area (Å²) < 4.78 is 11.6. The van der Waals surface area contributed by atoms with Gasteiger partial charge in [-0.15, -0.1) is 0 Å². The summed E-state index contributed by atoms with van der Waals surface area (Å²) in [6.07, 6.45) is 1.48. The Morgan fingerprint density at radius 3 is 2.61 bits per heavy atom. The third kappa shape index (κ3) is 6.36. The van der Waals surface area contributed by atoms with Crippen molar-refractivity contribution < 1.29 is 14.3 Å². The van der Waals surface area contributed by atoms with Crippen LogP contribution in [0.2, 0.25) is 0 Å². The van der Waals surface area contributed by atoms with E-state index in [1.165, 1.54) is 0 Å². The lowest BCUT2D eigenvalue weighted by atomic mass is 10.2. The number of carbonyl (C=O) groups is 1. The number of carbonyl (C=O) groups excluding carboxylic acids is 1. The van der Waals surface area contributed by atoms with Gasteiger partial charge in [-0.05, 0) is 44.0 Å². The van der Waals surface area contributed by atoms with Crippen molar-refractivity contribution in [1.82, 2.24) is 10.2 Å². The van der Waals surface area contributed by atoms with Crippen molar-refractivity contribution in [3.05, 3.63) is 65.7 Å². The number of ether oxygens (including phenoxy) is 2. The molecule has 1 aliphatic rings. The van der Waals surface area contributed by atoms with Gasteiger partial charge in [-0.1, -0.05) is 36.4 Å². The van der Waals surface area contributed by atoms with Crippen LogP contribution in [0.25, 0.3) is 0 Å². The molecule has 1 fully saturated rings. The van der Waals surface area contributed by atoms with Gasteiger partial charge in [-0.2, -0.15) is 0 Å². The van der Waals surface area contributed by atoms with Crippen LogP contribution in [0.5, 0.6) is 5.75 Å². The van der Waals surface area contributed by atoms with E-state index < -0.39 is 0 Å². The van der Waals surface area contributed by atoms with E-state index in [0.29, 0.717) is 24.5 Å². The second kappa shape index (κ2) is 10.2. The first-order valence-corrected chi connectivity index (χ1v) is 10.0. The fourth-order valence-electron chi connectivity index (χ4n) is 3.54. The number of nitrogens with zero attached hydrogens (tertiary/aromatic N) is 1. The van der Waals surface area contributed by atoms with E-state index in [2.05, 4.69) is 24.1 Å². The van der Waals surface area contributed by atoms with Gasteiger partial charge in [-0.25, -0.2) is 0 Å². The maximum atomic E-state index is 12.4. The molecule has 2 aromatic rings. The molecule has 0 bridgehead atoms. The van der Waals surface area contributed by atoms with Crippen LogP contribution in [0.1, 0.15) is 36.2 Å². The van der Waals surface area contributed by atoms with Crippen LogP contribution in [0.4, 0.5) is 0 Å². The molecule has 0 saturated carbocycles. The Bertz CT molecular complexity index is 741. The first kappa shape index (κ1) is 20.4. The summed E-state index contributed by atoms with van der Waals surface area (Å²) in [5, 5.41) is 3.01. The molecule has 5 heteroatoms. The standard InChI is InChI=1S/C23H30N2O3/c1-18-15-25(16-19(2)28-18)13-7-12-24-23(26)21-10-6-11-22(14-21)27-17-20-8-4-3-5-9-20/h3-6,8-11,14,18-19H,7,12-13,15-17H2,1-2H3,(H,24,26). The third-order valence-corrected chi connectivity index (χ3v) is 4.78. The zero-order chi connectivity index (χ0) is 19.8. The first-order chi connectivity index (χ1) is 13.6. The average Bonchev–Trinajstić information content (AvgIpc) is 2.70. The Kier molecular flexibility index (Phi) is 7.46. The van der Waals surface area contributed by atoms with Crippen molar-refractivity contribution in [2.24, 2.45) is 0 Å². The highest BCUT2D eigenvalue weighted by Crippen LogP contribution is 2.15. The summed E-state index contributed by atoms with van der Waals surface area (Å²) in [6.45, 7) is 8.25. The van der Waals surface area contributed by atoms with Crippen molar-refractivity contribution in [2.45, 2.75) is 39.1 Å². The summed E-state index contributed by atoms with van der Waals surface area (Å²) in [4.78, 5) is 14.8. The first-order valence-electron chi connectivity index (χ1n) is 10.0. The molecule has 1 heterocycles. The molecule has 1 N–H and O–H groups in total. The molecule has 0 spiro atoms. The van der Waals surface area contributed by atoms with E-state index in [1.807, 2.05) is 48.5 Å². The molecule has 1 amide bonds. The maximum absolute atomic E-state index is 12.4. The Hall–Kier alpha value is -2.37. The molecule has 3 rings (SSSR count). The second-order valence-electron chi connectivity index (χ2n) is 7.43. The fraction of sp³-hybridized carbons (Fsp3) is 0.435. The average molecular weight is 383 g/mol. The Balaban J connectivity index is 1.41. The summed E-state index contributed by atoms with van der Waals surface area (Å²) in [5.74, 6) is 0.640. The van der Waals surface area contributed by atoms with Crippen LogP contribution in [0.3, 0.4) is 0 Å². The minimum Gasteiger partial charge on any atom is -0.489 e. The molecule has 150 valence electrons. The van der Waals surface area contributed by atoms with Crippen LogP contribution >= 0.6 is 0 Å². The normalized spacial score (nSPS) is 19.9. The van der Waals surface area contributed by atoms with Gasteiger partial charge in [0.15, 0.2) is 0 Å². The van der Waals surface area contributed by atoms with E-state index >= 15 is 0 Å². The Labute approximate surface area is 167 Å². The monoisotopic (exact) mass is 382 g/mol. The number of nitrogens with one attached hydrogen (secondary N) is 1. The number of hydrogen-bond donors (Lipinski definition) is 1. The van der Waals surface area contributed by atoms with Crippen LogP contribution in [0, 0.1) is 0 Å². The van der Waals surface area contributed by atoms with Crippen LogP contribution in [0.15, 0.2) is 54.6 Å². The molecule has 0 radical (unpaired) electrons. The summed E-state index contributed by atoms with van der Waals surface area (Å²) in [5.41, 5.74) is 1.73. The minimum absolute atomic E-state index is 0.0612. The van der Waals surface area contributed by atoms with Crippen LogP contribution in [-0.2, 0) is 11.3 Å². The van der Waals surface area contributed by atoms with Gasteiger partial charge in [0.2, 0.25) is 0 Å². The highest BCUT2D eigenvalue weighted by Gasteiger charge is 2.21. The summed E-state index contributed by atoms with van der Waals surface area (Å²) in [6, 6.07) is 17.3. The van der Waals surface area contributed by atoms with Gasteiger partial charge in [-0.3, -0.25) is 9.69 Å². The predicted molar refractivity (Wildman–Crippen MR) is 111 cm³/mol. The number of hydrogen-bond acceptors (Lipinski definition) is 4. The van der Waals surface area contributed by atoms with Gasteiger partial charge in [0, 0.05) is 31.7 Å². The minimum atomic E-state index is -0.0612. The highest BCUT2D eigenvalue weighted by molar-refractivity contribution is 5.94. The fourth-order valence-corrected chi connectivity index (χ4v) is 3.54. The van der Waals surface area contributed by atoms with Crippen molar-refractivity contribution >= 4 is 5.91 Å². The van der Waals surface area contributed by atoms with Gasteiger partial charge in [0.05, 0.1) is 12.2 Å². The zero-order valence-corrected chi connectivity index (χ0v) is 16.8. The van der Waals surface area contributed by atoms with E-state index in [1.54, 1.807) is 6.07 Å². The largest absolute Gasteiger partial charge is 0.489 e. The van der Waals surface area contributed by atoms with Gasteiger partial charge < -0.3 is 14.8 Å². The Morgan fingerprint density at radius 1 is 1.11 bits per heavy atom. The van der Waals surface area contributed by atoms with Gasteiger partial charge >= 0.3 is 0 Å².